The van der Waals surface area contributed by atoms with Crippen molar-refractivity contribution in [2.75, 3.05) is 19.7 Å². The summed E-state index contributed by atoms with van der Waals surface area (Å²) in [5, 5.41) is 6.57. The second-order valence-electron chi connectivity index (χ2n) is 4.71. The number of nitrogens with one attached hydrogen (secondary N) is 2. The molecule has 1 aliphatic rings. The largest absolute Gasteiger partial charge is 0.494 e. The molecule has 0 unspecified atom stereocenters. The summed E-state index contributed by atoms with van der Waals surface area (Å²) < 4.78 is 5.71. The molecule has 112 valence electrons. The zero-order valence-corrected chi connectivity index (χ0v) is 14.4. The summed E-state index contributed by atoms with van der Waals surface area (Å²) >= 11 is 0. The Balaban J connectivity index is 0.00000200. The Hall–Kier alpha value is -0.980. The van der Waals surface area contributed by atoms with Gasteiger partial charge in [-0.3, -0.25) is 4.99 Å². The lowest BCUT2D eigenvalue weighted by molar-refractivity contribution is 0.309. The van der Waals surface area contributed by atoms with Crippen LogP contribution < -0.4 is 15.4 Å². The van der Waals surface area contributed by atoms with Gasteiger partial charge in [-0.25, -0.2) is 0 Å². The molecule has 2 rings (SSSR count). The van der Waals surface area contributed by atoms with Crippen LogP contribution in [-0.2, 0) is 6.54 Å². The third kappa shape index (κ3) is 5.98. The Morgan fingerprint density at radius 3 is 3.05 bits per heavy atom. The Morgan fingerprint density at radius 2 is 2.30 bits per heavy atom. The van der Waals surface area contributed by atoms with Crippen LogP contribution in [-0.4, -0.2) is 25.7 Å². The molecule has 1 aromatic rings. The summed E-state index contributed by atoms with van der Waals surface area (Å²) in [5.41, 5.74) is 1.21. The van der Waals surface area contributed by atoms with E-state index in [1.807, 2.05) is 12.1 Å². The smallest absolute Gasteiger partial charge is 0.191 e. The number of benzene rings is 1. The monoisotopic (exact) mass is 389 g/mol. The molecular weight excluding hydrogens is 365 g/mol. The van der Waals surface area contributed by atoms with E-state index >= 15 is 0 Å². The minimum Gasteiger partial charge on any atom is -0.494 e. The highest BCUT2D eigenvalue weighted by Crippen LogP contribution is 2.13. The standard InChI is InChI=1S/C15H23N3O.HI/c1-2-3-10-19-14-7-4-6-13(11-14)12-18-15-16-8-5-9-17-15;/h4,6-7,11H,2-3,5,8-10,12H2,1H3,(H2,16,17,18);1H. The molecule has 0 atom stereocenters. The molecule has 0 bridgehead atoms. The molecule has 2 N–H and O–H groups in total. The fraction of sp³-hybridized carbons (Fsp3) is 0.533. The molecule has 0 spiro atoms. The first-order valence-electron chi connectivity index (χ1n) is 7.12. The molecule has 1 heterocycles. The molecule has 5 heteroatoms. The van der Waals surface area contributed by atoms with E-state index in [-0.39, 0.29) is 24.0 Å². The van der Waals surface area contributed by atoms with Crippen LogP contribution in [0.2, 0.25) is 0 Å². The van der Waals surface area contributed by atoms with Crippen molar-refractivity contribution >= 4 is 29.9 Å². The van der Waals surface area contributed by atoms with Crippen molar-refractivity contribution in [3.8, 4) is 5.75 Å². The molecule has 0 aromatic heterocycles. The van der Waals surface area contributed by atoms with Gasteiger partial charge in [-0.15, -0.1) is 24.0 Å². The van der Waals surface area contributed by atoms with E-state index in [0.29, 0.717) is 0 Å². The van der Waals surface area contributed by atoms with Gasteiger partial charge in [0.2, 0.25) is 0 Å². The predicted octanol–water partition coefficient (Wildman–Crippen LogP) is 2.92. The molecule has 4 nitrogen and oxygen atoms in total. The molecule has 0 fully saturated rings. The van der Waals surface area contributed by atoms with Crippen molar-refractivity contribution in [2.24, 2.45) is 4.99 Å². The van der Waals surface area contributed by atoms with Crippen molar-refractivity contribution in [1.82, 2.24) is 10.6 Å². The fourth-order valence-corrected chi connectivity index (χ4v) is 1.92. The normalized spacial score (nSPS) is 13.8. The van der Waals surface area contributed by atoms with E-state index in [2.05, 4.69) is 34.7 Å². The Kier molecular flexibility index (Phi) is 8.41. The summed E-state index contributed by atoms with van der Waals surface area (Å²) in [7, 11) is 0. The summed E-state index contributed by atoms with van der Waals surface area (Å²) in [6, 6.07) is 8.24. The first-order valence-corrected chi connectivity index (χ1v) is 7.12. The van der Waals surface area contributed by atoms with Gasteiger partial charge in [-0.2, -0.15) is 0 Å². The average molecular weight is 389 g/mol. The van der Waals surface area contributed by atoms with Crippen LogP contribution >= 0.6 is 24.0 Å². The van der Waals surface area contributed by atoms with Gasteiger partial charge >= 0.3 is 0 Å². The van der Waals surface area contributed by atoms with E-state index in [0.717, 1.165) is 57.2 Å². The SMILES string of the molecule is CCCCOc1cccc(CNC2=NCCCN2)c1.I. The number of rotatable bonds is 6. The highest BCUT2D eigenvalue weighted by Gasteiger charge is 2.03. The van der Waals surface area contributed by atoms with Gasteiger partial charge < -0.3 is 15.4 Å². The zero-order chi connectivity index (χ0) is 13.3. The highest BCUT2D eigenvalue weighted by molar-refractivity contribution is 14.0. The number of hydrogen-bond acceptors (Lipinski definition) is 4. The van der Waals surface area contributed by atoms with Crippen LogP contribution in [0.25, 0.3) is 0 Å². The Labute approximate surface area is 138 Å². The molecular formula is C15H24IN3O. The lowest BCUT2D eigenvalue weighted by Crippen LogP contribution is -2.40. The van der Waals surface area contributed by atoms with Crippen LogP contribution in [0.5, 0.6) is 5.75 Å². The van der Waals surface area contributed by atoms with Crippen LogP contribution in [0.3, 0.4) is 0 Å². The van der Waals surface area contributed by atoms with Crippen LogP contribution in [0, 0.1) is 0 Å². The topological polar surface area (TPSA) is 45.6 Å². The van der Waals surface area contributed by atoms with Crippen LogP contribution in [0.4, 0.5) is 0 Å². The van der Waals surface area contributed by atoms with Gasteiger partial charge in [-0.1, -0.05) is 25.5 Å². The maximum absolute atomic E-state index is 5.71. The zero-order valence-electron chi connectivity index (χ0n) is 12.0. The molecule has 20 heavy (non-hydrogen) atoms. The number of aliphatic imine (C=N–C) groups is 1. The molecule has 0 radical (unpaired) electrons. The number of ether oxygens (including phenoxy) is 1. The van der Waals surface area contributed by atoms with Crippen molar-refractivity contribution in [3.63, 3.8) is 0 Å². The number of nitrogens with zero attached hydrogens (tertiary/aromatic N) is 1. The molecule has 0 saturated carbocycles. The van der Waals surface area contributed by atoms with Gasteiger partial charge in [0.05, 0.1) is 6.61 Å². The lowest BCUT2D eigenvalue weighted by Gasteiger charge is -2.16. The summed E-state index contributed by atoms with van der Waals surface area (Å²) in [5.74, 6) is 1.86. The van der Waals surface area contributed by atoms with Crippen LogP contribution in [0.1, 0.15) is 31.7 Å². The van der Waals surface area contributed by atoms with E-state index in [1.54, 1.807) is 0 Å². The van der Waals surface area contributed by atoms with Gasteiger partial charge in [-0.05, 0) is 30.5 Å². The van der Waals surface area contributed by atoms with Gasteiger partial charge in [0.15, 0.2) is 5.96 Å². The maximum Gasteiger partial charge on any atom is 0.191 e. The molecule has 1 aromatic carbocycles. The summed E-state index contributed by atoms with van der Waals surface area (Å²) in [6.45, 7) is 5.65. The van der Waals surface area contributed by atoms with Crippen molar-refractivity contribution < 1.29 is 4.74 Å². The minimum atomic E-state index is 0. The number of halogens is 1. The average Bonchev–Trinajstić information content (AvgIpc) is 2.47. The number of guanidine groups is 1. The van der Waals surface area contributed by atoms with Crippen molar-refractivity contribution in [2.45, 2.75) is 32.7 Å². The van der Waals surface area contributed by atoms with Crippen LogP contribution in [0.15, 0.2) is 29.3 Å². The molecule has 1 aliphatic heterocycles. The first kappa shape index (κ1) is 17.1. The van der Waals surface area contributed by atoms with Crippen molar-refractivity contribution in [3.05, 3.63) is 29.8 Å². The lowest BCUT2D eigenvalue weighted by atomic mass is 10.2. The maximum atomic E-state index is 5.71. The van der Waals surface area contributed by atoms with E-state index in [4.69, 9.17) is 4.74 Å². The first-order chi connectivity index (χ1) is 9.38. The van der Waals surface area contributed by atoms with E-state index in [9.17, 15) is 0 Å². The predicted molar refractivity (Wildman–Crippen MR) is 94.0 cm³/mol. The van der Waals surface area contributed by atoms with Gasteiger partial charge in [0, 0.05) is 19.6 Å². The number of unbranched alkanes of at least 4 members (excludes halogenated alkanes) is 1. The van der Waals surface area contributed by atoms with E-state index in [1.165, 1.54) is 5.56 Å². The number of hydrogen-bond donors (Lipinski definition) is 2. The molecule has 0 aliphatic carbocycles. The fourth-order valence-electron chi connectivity index (χ4n) is 1.92. The third-order valence-corrected chi connectivity index (χ3v) is 3.02. The molecule has 0 saturated heterocycles. The molecule has 0 amide bonds. The summed E-state index contributed by atoms with van der Waals surface area (Å²) in [4.78, 5) is 4.39. The Bertz CT molecular complexity index is 423. The van der Waals surface area contributed by atoms with Crippen molar-refractivity contribution in [1.29, 1.82) is 0 Å². The van der Waals surface area contributed by atoms with Gasteiger partial charge in [0.1, 0.15) is 5.75 Å². The Morgan fingerprint density at radius 1 is 1.40 bits per heavy atom. The quantitative estimate of drug-likeness (QED) is 0.581. The highest BCUT2D eigenvalue weighted by atomic mass is 127. The minimum absolute atomic E-state index is 0. The second kappa shape index (κ2) is 9.85. The summed E-state index contributed by atoms with van der Waals surface area (Å²) in [6.07, 6.45) is 3.38. The third-order valence-electron chi connectivity index (χ3n) is 3.02. The second-order valence-corrected chi connectivity index (χ2v) is 4.71. The van der Waals surface area contributed by atoms with E-state index < -0.39 is 0 Å². The van der Waals surface area contributed by atoms with Gasteiger partial charge in [0.25, 0.3) is 0 Å².